The average molecular weight is 290 g/mol. The Morgan fingerprint density at radius 3 is 2.77 bits per heavy atom. The number of carboxylic acids is 1. The molecule has 0 saturated carbocycles. The second-order valence-electron chi connectivity index (χ2n) is 6.28. The maximum absolute atomic E-state index is 12.1. The van der Waals surface area contributed by atoms with Crippen LogP contribution in [0, 0.1) is 16.7 Å². The molecule has 1 heterocycles. The summed E-state index contributed by atoms with van der Waals surface area (Å²) in [6, 6.07) is 13.9. The molecule has 1 N–H and O–H groups in total. The SMILES string of the molecule is CC1(C(=O)O)CC2c3ccccc3C1(C#N)c1ncccc12. The molecular weight excluding hydrogens is 276 g/mol. The van der Waals surface area contributed by atoms with E-state index in [1.54, 1.807) is 13.1 Å². The molecule has 4 heteroatoms. The summed E-state index contributed by atoms with van der Waals surface area (Å²) >= 11 is 0. The smallest absolute Gasteiger partial charge is 0.311 e. The van der Waals surface area contributed by atoms with Gasteiger partial charge in [0.05, 0.1) is 17.2 Å². The Bertz CT molecular complexity index is 805. The van der Waals surface area contributed by atoms with E-state index >= 15 is 0 Å². The molecule has 0 amide bonds. The van der Waals surface area contributed by atoms with Crippen LogP contribution < -0.4 is 0 Å². The summed E-state index contributed by atoms with van der Waals surface area (Å²) in [5, 5.41) is 20.0. The molecule has 2 aromatic rings. The first-order valence-corrected chi connectivity index (χ1v) is 7.25. The topological polar surface area (TPSA) is 74.0 Å². The van der Waals surface area contributed by atoms with Gasteiger partial charge < -0.3 is 5.11 Å². The minimum Gasteiger partial charge on any atom is -0.481 e. The number of aromatic nitrogens is 1. The van der Waals surface area contributed by atoms with E-state index in [1.165, 1.54) is 0 Å². The normalized spacial score (nSPS) is 31.0. The molecule has 22 heavy (non-hydrogen) atoms. The van der Waals surface area contributed by atoms with Crippen molar-refractivity contribution in [2.45, 2.75) is 24.7 Å². The van der Waals surface area contributed by atoms with Gasteiger partial charge in [0.2, 0.25) is 0 Å². The zero-order valence-corrected chi connectivity index (χ0v) is 12.1. The summed E-state index contributed by atoms with van der Waals surface area (Å²) in [4.78, 5) is 16.5. The maximum atomic E-state index is 12.1. The maximum Gasteiger partial charge on any atom is 0.311 e. The minimum absolute atomic E-state index is 0.0174. The highest BCUT2D eigenvalue weighted by atomic mass is 16.4. The predicted molar refractivity (Wildman–Crippen MR) is 79.3 cm³/mol. The summed E-state index contributed by atoms with van der Waals surface area (Å²) < 4.78 is 0. The molecule has 0 spiro atoms. The zero-order valence-electron chi connectivity index (χ0n) is 12.1. The number of aliphatic carboxylic acids is 1. The molecule has 2 bridgehead atoms. The van der Waals surface area contributed by atoms with Gasteiger partial charge in [-0.25, -0.2) is 0 Å². The first-order chi connectivity index (χ1) is 10.6. The predicted octanol–water partition coefficient (Wildman–Crippen LogP) is 2.83. The Hall–Kier alpha value is -2.67. The summed E-state index contributed by atoms with van der Waals surface area (Å²) in [5.41, 5.74) is 1.04. The lowest BCUT2D eigenvalue weighted by molar-refractivity contribution is -0.152. The lowest BCUT2D eigenvalue weighted by Gasteiger charge is -2.53. The van der Waals surface area contributed by atoms with Crippen molar-refractivity contribution in [1.82, 2.24) is 4.98 Å². The quantitative estimate of drug-likeness (QED) is 0.876. The Kier molecular flexibility index (Phi) is 2.34. The van der Waals surface area contributed by atoms with Crippen LogP contribution >= 0.6 is 0 Å². The van der Waals surface area contributed by atoms with Crippen molar-refractivity contribution in [3.8, 4) is 6.07 Å². The highest BCUT2D eigenvalue weighted by molar-refractivity contribution is 5.83. The van der Waals surface area contributed by atoms with Gasteiger partial charge >= 0.3 is 5.97 Å². The number of rotatable bonds is 1. The van der Waals surface area contributed by atoms with Gasteiger partial charge in [0.25, 0.3) is 0 Å². The molecule has 0 saturated heterocycles. The van der Waals surface area contributed by atoms with Crippen LogP contribution in [0.15, 0.2) is 42.6 Å². The van der Waals surface area contributed by atoms with Crippen LogP contribution in [0.3, 0.4) is 0 Å². The lowest BCUT2D eigenvalue weighted by atomic mass is 9.46. The van der Waals surface area contributed by atoms with Gasteiger partial charge in [-0.2, -0.15) is 5.26 Å². The van der Waals surface area contributed by atoms with Gasteiger partial charge in [0.1, 0.15) is 5.41 Å². The molecule has 3 atom stereocenters. The number of benzene rings is 1. The van der Waals surface area contributed by atoms with Crippen molar-refractivity contribution in [1.29, 1.82) is 5.26 Å². The monoisotopic (exact) mass is 290 g/mol. The molecule has 3 unspecified atom stereocenters. The fraction of sp³-hybridized carbons (Fsp3) is 0.278. The Balaban J connectivity index is 2.19. The average Bonchev–Trinajstić information content (AvgIpc) is 2.55. The van der Waals surface area contributed by atoms with Crippen molar-refractivity contribution < 1.29 is 9.90 Å². The third kappa shape index (κ3) is 1.19. The van der Waals surface area contributed by atoms with E-state index in [9.17, 15) is 15.2 Å². The van der Waals surface area contributed by atoms with E-state index in [0.29, 0.717) is 12.1 Å². The number of carboxylic acid groups (broad SMARTS) is 1. The fourth-order valence-corrected chi connectivity index (χ4v) is 4.27. The van der Waals surface area contributed by atoms with Crippen LogP contribution in [-0.4, -0.2) is 16.1 Å². The Morgan fingerprint density at radius 1 is 1.32 bits per heavy atom. The van der Waals surface area contributed by atoms with Gasteiger partial charge in [-0.1, -0.05) is 30.3 Å². The molecule has 0 aliphatic heterocycles. The number of hydrogen-bond acceptors (Lipinski definition) is 3. The second kappa shape index (κ2) is 3.95. The van der Waals surface area contributed by atoms with E-state index in [2.05, 4.69) is 11.1 Å². The lowest BCUT2D eigenvalue weighted by Crippen LogP contribution is -2.57. The first kappa shape index (κ1) is 13.0. The fourth-order valence-electron chi connectivity index (χ4n) is 4.27. The minimum atomic E-state index is -1.24. The summed E-state index contributed by atoms with van der Waals surface area (Å²) in [6.07, 6.45) is 2.06. The molecule has 0 fully saturated rings. The van der Waals surface area contributed by atoms with Crippen molar-refractivity contribution in [3.63, 3.8) is 0 Å². The first-order valence-electron chi connectivity index (χ1n) is 7.25. The van der Waals surface area contributed by atoms with E-state index in [0.717, 1.165) is 16.7 Å². The van der Waals surface area contributed by atoms with Gasteiger partial charge in [0, 0.05) is 12.1 Å². The van der Waals surface area contributed by atoms with Gasteiger partial charge in [-0.15, -0.1) is 0 Å². The van der Waals surface area contributed by atoms with Crippen LogP contribution in [0.4, 0.5) is 0 Å². The van der Waals surface area contributed by atoms with Crippen LogP contribution in [0.5, 0.6) is 0 Å². The second-order valence-corrected chi connectivity index (χ2v) is 6.28. The molecule has 4 nitrogen and oxygen atoms in total. The molecule has 1 aromatic heterocycles. The van der Waals surface area contributed by atoms with E-state index in [4.69, 9.17) is 0 Å². The van der Waals surface area contributed by atoms with Crippen LogP contribution in [-0.2, 0) is 10.2 Å². The number of fused-ring (bicyclic) bond motifs is 1. The van der Waals surface area contributed by atoms with E-state index in [1.807, 2.05) is 36.4 Å². The third-order valence-electron chi connectivity index (χ3n) is 5.39. The third-order valence-corrected chi connectivity index (χ3v) is 5.39. The van der Waals surface area contributed by atoms with Gasteiger partial charge in [0.15, 0.2) is 0 Å². The van der Waals surface area contributed by atoms with Gasteiger partial charge in [-0.05, 0) is 36.1 Å². The van der Waals surface area contributed by atoms with Crippen molar-refractivity contribution in [3.05, 3.63) is 65.0 Å². The van der Waals surface area contributed by atoms with Crippen molar-refractivity contribution >= 4 is 5.97 Å². The molecular formula is C18H14N2O2. The van der Waals surface area contributed by atoms with Crippen LogP contribution in [0.2, 0.25) is 0 Å². The van der Waals surface area contributed by atoms with Crippen molar-refractivity contribution in [2.24, 2.45) is 5.41 Å². The van der Waals surface area contributed by atoms with Crippen LogP contribution in [0.1, 0.15) is 41.6 Å². The number of hydrogen-bond donors (Lipinski definition) is 1. The van der Waals surface area contributed by atoms with E-state index < -0.39 is 16.8 Å². The Morgan fingerprint density at radius 2 is 2.05 bits per heavy atom. The number of carbonyl (C=O) groups is 1. The molecule has 3 aliphatic rings. The number of nitrogens with zero attached hydrogens (tertiary/aromatic N) is 2. The Labute approximate surface area is 128 Å². The number of pyridine rings is 1. The zero-order chi connectivity index (χ0) is 15.5. The van der Waals surface area contributed by atoms with Crippen molar-refractivity contribution in [2.75, 3.05) is 0 Å². The molecule has 3 aliphatic carbocycles. The molecule has 108 valence electrons. The standard InChI is InChI=1S/C18H14N2O2/c1-17(16(21)22)9-13-11-5-2-3-7-14(11)18(17,10-19)15-12(13)6-4-8-20-15/h2-8,13H,9H2,1H3,(H,21,22). The molecule has 0 radical (unpaired) electrons. The summed E-state index contributed by atoms with van der Waals surface area (Å²) in [7, 11) is 0. The molecule has 5 rings (SSSR count). The summed E-state index contributed by atoms with van der Waals surface area (Å²) in [5.74, 6) is -0.957. The highest BCUT2D eigenvalue weighted by Gasteiger charge is 2.65. The largest absolute Gasteiger partial charge is 0.481 e. The highest BCUT2D eigenvalue weighted by Crippen LogP contribution is 2.63. The van der Waals surface area contributed by atoms with E-state index in [-0.39, 0.29) is 5.92 Å². The number of nitriles is 1. The molecule has 1 aromatic carbocycles. The summed E-state index contributed by atoms with van der Waals surface area (Å²) in [6.45, 7) is 1.68. The van der Waals surface area contributed by atoms with Gasteiger partial charge in [-0.3, -0.25) is 9.78 Å². The van der Waals surface area contributed by atoms with Crippen LogP contribution in [0.25, 0.3) is 0 Å².